The molecule has 0 saturated heterocycles. The van der Waals surface area contributed by atoms with Crippen LogP contribution in [0.3, 0.4) is 0 Å². The predicted molar refractivity (Wildman–Crippen MR) is 117 cm³/mol. The average Bonchev–Trinajstić information content (AvgIpc) is 3.25. The Morgan fingerprint density at radius 2 is 1.87 bits per heavy atom. The molecule has 0 spiro atoms. The Morgan fingerprint density at radius 3 is 2.63 bits per heavy atom. The van der Waals surface area contributed by atoms with E-state index in [0.29, 0.717) is 22.8 Å². The highest BCUT2D eigenvalue weighted by Crippen LogP contribution is 2.34. The number of methoxy groups -OCH3 is 2. The van der Waals surface area contributed by atoms with Gasteiger partial charge in [0.1, 0.15) is 29.7 Å². The fourth-order valence-electron chi connectivity index (χ4n) is 2.63. The van der Waals surface area contributed by atoms with Crippen molar-refractivity contribution in [2.45, 2.75) is 6.61 Å². The van der Waals surface area contributed by atoms with Gasteiger partial charge in [0.25, 0.3) is 5.91 Å². The van der Waals surface area contributed by atoms with E-state index in [9.17, 15) is 9.59 Å². The summed E-state index contributed by atoms with van der Waals surface area (Å²) in [5.41, 5.74) is 1.81. The van der Waals surface area contributed by atoms with Gasteiger partial charge in [0, 0.05) is 9.85 Å². The number of rotatable bonds is 8. The number of amides is 1. The molecule has 9 heteroatoms. The Balaban J connectivity index is 1.55. The lowest BCUT2D eigenvalue weighted by atomic mass is 10.2. The Kier molecular flexibility index (Phi) is 7.42. The Hall–Kier alpha value is -2.91. The minimum atomic E-state index is -0.562. The number of carbonyl (C=O) groups is 2. The van der Waals surface area contributed by atoms with Crippen molar-refractivity contribution in [2.24, 2.45) is 0 Å². The van der Waals surface area contributed by atoms with E-state index in [2.05, 4.69) is 26.2 Å². The quantitative estimate of drug-likeness (QED) is 0.479. The van der Waals surface area contributed by atoms with Crippen molar-refractivity contribution < 1.29 is 23.8 Å². The maximum absolute atomic E-state index is 12.2. The number of thiazole rings is 1. The van der Waals surface area contributed by atoms with Crippen LogP contribution in [0.4, 0.5) is 0 Å². The van der Waals surface area contributed by atoms with Crippen LogP contribution in [-0.2, 0) is 16.1 Å². The lowest BCUT2D eigenvalue weighted by Crippen LogP contribution is -2.30. The SMILES string of the molecule is COc1ccccc1C(=O)NCC(=O)OCc1csc(-c2cc(Br)ccc2OC)n1. The number of nitrogens with zero attached hydrogens (tertiary/aromatic N) is 1. The normalized spacial score (nSPS) is 10.4. The fourth-order valence-corrected chi connectivity index (χ4v) is 3.82. The lowest BCUT2D eigenvalue weighted by molar-refractivity contribution is -0.143. The van der Waals surface area contributed by atoms with Gasteiger partial charge in [-0.25, -0.2) is 4.98 Å². The second-order valence-corrected chi connectivity index (χ2v) is 7.81. The Labute approximate surface area is 186 Å². The second kappa shape index (κ2) is 10.2. The fraction of sp³-hybridized carbons (Fsp3) is 0.190. The number of para-hydroxylation sites is 1. The van der Waals surface area contributed by atoms with Crippen molar-refractivity contribution in [1.29, 1.82) is 0 Å². The summed E-state index contributed by atoms with van der Waals surface area (Å²) >= 11 is 4.87. The predicted octanol–water partition coefficient (Wildman–Crippen LogP) is 4.06. The number of hydrogen-bond donors (Lipinski definition) is 1. The molecule has 3 aromatic rings. The molecule has 1 N–H and O–H groups in total. The van der Waals surface area contributed by atoms with Crippen molar-refractivity contribution in [3.8, 4) is 22.1 Å². The molecule has 30 heavy (non-hydrogen) atoms. The Bertz CT molecular complexity index is 1050. The number of hydrogen-bond acceptors (Lipinski definition) is 7. The first kappa shape index (κ1) is 21.8. The van der Waals surface area contributed by atoms with E-state index in [1.807, 2.05) is 23.6 Å². The van der Waals surface area contributed by atoms with Crippen molar-refractivity contribution in [2.75, 3.05) is 20.8 Å². The summed E-state index contributed by atoms with van der Waals surface area (Å²) in [7, 11) is 3.08. The summed E-state index contributed by atoms with van der Waals surface area (Å²) in [6.07, 6.45) is 0. The molecule has 7 nitrogen and oxygen atoms in total. The van der Waals surface area contributed by atoms with Gasteiger partial charge in [-0.15, -0.1) is 11.3 Å². The third-order valence-electron chi connectivity index (χ3n) is 4.07. The van der Waals surface area contributed by atoms with Gasteiger partial charge in [-0.3, -0.25) is 9.59 Å². The average molecular weight is 491 g/mol. The zero-order chi connectivity index (χ0) is 21.5. The smallest absolute Gasteiger partial charge is 0.325 e. The number of benzene rings is 2. The molecule has 156 valence electrons. The number of carbonyl (C=O) groups excluding carboxylic acids is 2. The highest BCUT2D eigenvalue weighted by atomic mass is 79.9. The third-order valence-corrected chi connectivity index (χ3v) is 5.49. The minimum Gasteiger partial charge on any atom is -0.496 e. The Morgan fingerprint density at radius 1 is 1.10 bits per heavy atom. The maximum Gasteiger partial charge on any atom is 0.325 e. The van der Waals surface area contributed by atoms with Gasteiger partial charge in [0.2, 0.25) is 0 Å². The molecule has 1 amide bonds. The van der Waals surface area contributed by atoms with E-state index in [-0.39, 0.29) is 13.2 Å². The standard InChI is InChI=1S/C21H19BrN2O5S/c1-27-17-6-4-3-5-15(17)20(26)23-10-19(25)29-11-14-12-30-21(24-14)16-9-13(22)7-8-18(16)28-2/h3-9,12H,10-11H2,1-2H3,(H,23,26). The van der Waals surface area contributed by atoms with E-state index in [1.54, 1.807) is 31.4 Å². The number of ether oxygens (including phenoxy) is 3. The molecular weight excluding hydrogens is 472 g/mol. The van der Waals surface area contributed by atoms with Gasteiger partial charge in [-0.1, -0.05) is 28.1 Å². The van der Waals surface area contributed by atoms with Gasteiger partial charge in [0.15, 0.2) is 0 Å². The van der Waals surface area contributed by atoms with Crippen molar-refractivity contribution in [1.82, 2.24) is 10.3 Å². The van der Waals surface area contributed by atoms with Crippen LogP contribution in [0.2, 0.25) is 0 Å². The molecule has 3 rings (SSSR count). The van der Waals surface area contributed by atoms with Crippen LogP contribution in [0.1, 0.15) is 16.1 Å². The lowest BCUT2D eigenvalue weighted by Gasteiger charge is -2.09. The van der Waals surface area contributed by atoms with E-state index in [1.165, 1.54) is 18.4 Å². The molecular formula is C21H19BrN2O5S. The first-order chi connectivity index (χ1) is 14.5. The number of halogens is 1. The van der Waals surface area contributed by atoms with Crippen LogP contribution in [-0.4, -0.2) is 37.6 Å². The topological polar surface area (TPSA) is 86.8 Å². The summed E-state index contributed by atoms with van der Waals surface area (Å²) in [6, 6.07) is 12.4. The highest BCUT2D eigenvalue weighted by Gasteiger charge is 2.15. The molecule has 0 radical (unpaired) electrons. The molecule has 0 bridgehead atoms. The van der Waals surface area contributed by atoms with Gasteiger partial charge < -0.3 is 19.5 Å². The molecule has 2 aromatic carbocycles. The van der Waals surface area contributed by atoms with Gasteiger partial charge in [-0.2, -0.15) is 0 Å². The molecule has 1 heterocycles. The zero-order valence-corrected chi connectivity index (χ0v) is 18.7. The largest absolute Gasteiger partial charge is 0.496 e. The van der Waals surface area contributed by atoms with E-state index < -0.39 is 11.9 Å². The maximum atomic E-state index is 12.2. The van der Waals surface area contributed by atoms with E-state index in [4.69, 9.17) is 14.2 Å². The molecule has 0 fully saturated rings. The van der Waals surface area contributed by atoms with Crippen LogP contribution in [0.15, 0.2) is 52.3 Å². The second-order valence-electron chi connectivity index (χ2n) is 6.03. The molecule has 0 aliphatic carbocycles. The molecule has 0 atom stereocenters. The van der Waals surface area contributed by atoms with Crippen molar-refractivity contribution in [3.63, 3.8) is 0 Å². The van der Waals surface area contributed by atoms with Crippen LogP contribution in [0.25, 0.3) is 10.6 Å². The first-order valence-electron chi connectivity index (χ1n) is 8.87. The van der Waals surface area contributed by atoms with Crippen LogP contribution < -0.4 is 14.8 Å². The summed E-state index contributed by atoms with van der Waals surface area (Å²) in [4.78, 5) is 28.7. The van der Waals surface area contributed by atoms with Crippen molar-refractivity contribution >= 4 is 39.1 Å². The summed E-state index contributed by atoms with van der Waals surface area (Å²) in [5, 5.41) is 5.10. The van der Waals surface area contributed by atoms with Gasteiger partial charge in [-0.05, 0) is 30.3 Å². The van der Waals surface area contributed by atoms with E-state index >= 15 is 0 Å². The summed E-state index contributed by atoms with van der Waals surface area (Å²) < 4.78 is 16.7. The van der Waals surface area contributed by atoms with Crippen LogP contribution in [0, 0.1) is 0 Å². The van der Waals surface area contributed by atoms with Crippen LogP contribution in [0.5, 0.6) is 11.5 Å². The van der Waals surface area contributed by atoms with Crippen molar-refractivity contribution in [3.05, 3.63) is 63.6 Å². The molecule has 0 unspecified atom stereocenters. The molecule has 0 aliphatic rings. The number of esters is 1. The summed E-state index contributed by atoms with van der Waals surface area (Å²) in [6.45, 7) is -0.247. The third kappa shape index (κ3) is 5.37. The zero-order valence-electron chi connectivity index (χ0n) is 16.3. The first-order valence-corrected chi connectivity index (χ1v) is 10.5. The summed E-state index contributed by atoms with van der Waals surface area (Å²) in [5.74, 6) is 0.159. The van der Waals surface area contributed by atoms with E-state index in [0.717, 1.165) is 15.0 Å². The van der Waals surface area contributed by atoms with Crippen LogP contribution >= 0.6 is 27.3 Å². The monoisotopic (exact) mass is 490 g/mol. The molecule has 1 aromatic heterocycles. The number of nitrogens with one attached hydrogen (secondary N) is 1. The van der Waals surface area contributed by atoms with Gasteiger partial charge >= 0.3 is 5.97 Å². The number of aromatic nitrogens is 1. The molecule has 0 saturated carbocycles. The highest BCUT2D eigenvalue weighted by molar-refractivity contribution is 9.10. The molecule has 0 aliphatic heterocycles. The van der Waals surface area contributed by atoms with Gasteiger partial charge in [0.05, 0.1) is 31.0 Å². The minimum absolute atomic E-state index is 0.0101.